The lowest BCUT2D eigenvalue weighted by Crippen LogP contribution is -2.10. The van der Waals surface area contributed by atoms with Crippen LogP contribution in [0.25, 0.3) is 0 Å². The van der Waals surface area contributed by atoms with Gasteiger partial charge in [0.05, 0.1) is 11.6 Å². The fraction of sp³-hybridized carbons (Fsp3) is 0.647. The number of hydrogen-bond donors (Lipinski definition) is 0. The summed E-state index contributed by atoms with van der Waals surface area (Å²) >= 11 is 0. The molecule has 0 saturated heterocycles. The van der Waals surface area contributed by atoms with Crippen molar-refractivity contribution in [2.75, 3.05) is 0 Å². The summed E-state index contributed by atoms with van der Waals surface area (Å²) in [5.41, 5.74) is 2.34. The van der Waals surface area contributed by atoms with Crippen LogP contribution >= 0.6 is 0 Å². The zero-order valence-corrected chi connectivity index (χ0v) is 12.0. The van der Waals surface area contributed by atoms with E-state index in [0.717, 1.165) is 31.4 Å². The van der Waals surface area contributed by atoms with Gasteiger partial charge in [0.1, 0.15) is 5.78 Å². The van der Waals surface area contributed by atoms with Crippen LogP contribution < -0.4 is 0 Å². The molecule has 1 atom stereocenters. The normalized spacial score (nSPS) is 17.4. The van der Waals surface area contributed by atoms with E-state index < -0.39 is 0 Å². The Hall–Kier alpha value is -1.18. The van der Waals surface area contributed by atoms with E-state index >= 15 is 0 Å². The summed E-state index contributed by atoms with van der Waals surface area (Å²) in [6.45, 7) is 2.23. The molecular weight excluding hydrogens is 234 g/mol. The first-order valence-corrected chi connectivity index (χ1v) is 7.79. The molecule has 1 aliphatic carbocycles. The van der Waals surface area contributed by atoms with E-state index in [4.69, 9.17) is 0 Å². The van der Waals surface area contributed by atoms with Crippen LogP contribution in [0.1, 0.15) is 75.5 Å². The van der Waals surface area contributed by atoms with Gasteiger partial charge in [0, 0.05) is 12.6 Å². The predicted octanol–water partition coefficient (Wildman–Crippen LogP) is 4.43. The Labute approximate surface area is 116 Å². The van der Waals surface area contributed by atoms with Gasteiger partial charge in [-0.05, 0) is 30.9 Å². The molecule has 2 nitrogen and oxygen atoms in total. The molecule has 1 aromatic heterocycles. The van der Waals surface area contributed by atoms with E-state index in [9.17, 15) is 4.79 Å². The van der Waals surface area contributed by atoms with Gasteiger partial charge in [0.15, 0.2) is 0 Å². The molecule has 0 fully saturated rings. The van der Waals surface area contributed by atoms with E-state index in [2.05, 4.69) is 18.0 Å². The third kappa shape index (κ3) is 3.89. The van der Waals surface area contributed by atoms with Crippen LogP contribution in [0.2, 0.25) is 0 Å². The van der Waals surface area contributed by atoms with Gasteiger partial charge in [-0.25, -0.2) is 0 Å². The molecule has 0 saturated carbocycles. The number of fused-ring (bicyclic) bond motifs is 1. The molecule has 2 rings (SSSR count). The maximum absolute atomic E-state index is 12.3. The number of Topliss-reactive ketones (excluding diaryl/α,β-unsaturated/α-hetero) is 1. The predicted molar refractivity (Wildman–Crippen MR) is 78.3 cm³/mol. The molecule has 0 spiro atoms. The quantitative estimate of drug-likeness (QED) is 0.646. The van der Waals surface area contributed by atoms with Gasteiger partial charge in [-0.2, -0.15) is 0 Å². The van der Waals surface area contributed by atoms with Crippen LogP contribution in [0.15, 0.2) is 18.3 Å². The lowest BCUT2D eigenvalue weighted by atomic mass is 9.96. The first-order chi connectivity index (χ1) is 9.33. The Balaban J connectivity index is 1.73. The number of aryl methyl sites for hydroxylation is 1. The van der Waals surface area contributed by atoms with Crippen molar-refractivity contribution in [2.45, 2.75) is 70.6 Å². The lowest BCUT2D eigenvalue weighted by Gasteiger charge is -2.09. The van der Waals surface area contributed by atoms with Gasteiger partial charge in [-0.3, -0.25) is 9.78 Å². The van der Waals surface area contributed by atoms with Gasteiger partial charge in [-0.1, -0.05) is 45.1 Å². The molecule has 1 aromatic rings. The van der Waals surface area contributed by atoms with Crippen LogP contribution in [0.3, 0.4) is 0 Å². The number of rotatable bonds is 8. The van der Waals surface area contributed by atoms with Crippen molar-refractivity contribution >= 4 is 5.78 Å². The second-order valence-corrected chi connectivity index (χ2v) is 5.62. The standard InChI is InChI=1S/C17H25NO/c1-2-3-4-5-6-7-10-16(19)15-12-11-14-9-8-13-18-17(14)15/h8-9,13,15H,2-7,10-12H2,1H3. The van der Waals surface area contributed by atoms with Crippen molar-refractivity contribution < 1.29 is 4.79 Å². The largest absolute Gasteiger partial charge is 0.299 e. The smallest absolute Gasteiger partial charge is 0.141 e. The van der Waals surface area contributed by atoms with Crippen molar-refractivity contribution in [1.82, 2.24) is 4.98 Å². The van der Waals surface area contributed by atoms with Crippen molar-refractivity contribution in [1.29, 1.82) is 0 Å². The average Bonchev–Trinajstić information content (AvgIpc) is 2.86. The van der Waals surface area contributed by atoms with Crippen molar-refractivity contribution in [3.8, 4) is 0 Å². The number of carbonyl (C=O) groups is 1. The molecule has 1 heterocycles. The molecule has 0 N–H and O–H groups in total. The second-order valence-electron chi connectivity index (χ2n) is 5.62. The summed E-state index contributed by atoms with van der Waals surface area (Å²) in [4.78, 5) is 16.7. The fourth-order valence-electron chi connectivity index (χ4n) is 2.98. The number of ketones is 1. The molecule has 0 amide bonds. The molecule has 2 heteroatoms. The Kier molecular flexibility index (Phi) is 5.56. The van der Waals surface area contributed by atoms with Gasteiger partial charge in [0.2, 0.25) is 0 Å². The number of nitrogens with zero attached hydrogens (tertiary/aromatic N) is 1. The monoisotopic (exact) mass is 259 g/mol. The number of carbonyl (C=O) groups excluding carboxylic acids is 1. The summed E-state index contributed by atoms with van der Waals surface area (Å²) in [7, 11) is 0. The number of hydrogen-bond acceptors (Lipinski definition) is 2. The average molecular weight is 259 g/mol. The Morgan fingerprint density at radius 1 is 1.26 bits per heavy atom. The second kappa shape index (κ2) is 7.42. The molecular formula is C17H25NO. The van der Waals surface area contributed by atoms with E-state index in [-0.39, 0.29) is 5.92 Å². The van der Waals surface area contributed by atoms with Gasteiger partial charge in [-0.15, -0.1) is 0 Å². The number of pyridine rings is 1. The van der Waals surface area contributed by atoms with Crippen LogP contribution in [-0.2, 0) is 11.2 Å². The topological polar surface area (TPSA) is 30.0 Å². The first kappa shape index (κ1) is 14.2. The third-order valence-corrected chi connectivity index (χ3v) is 4.12. The Morgan fingerprint density at radius 3 is 2.89 bits per heavy atom. The molecule has 104 valence electrons. The van der Waals surface area contributed by atoms with E-state index in [0.29, 0.717) is 5.78 Å². The van der Waals surface area contributed by atoms with Crippen LogP contribution in [-0.4, -0.2) is 10.8 Å². The molecule has 1 aliphatic rings. The van der Waals surface area contributed by atoms with Gasteiger partial charge < -0.3 is 0 Å². The minimum absolute atomic E-state index is 0.0897. The van der Waals surface area contributed by atoms with Crippen LogP contribution in [0.5, 0.6) is 0 Å². The number of unbranched alkanes of at least 4 members (excludes halogenated alkanes) is 5. The maximum atomic E-state index is 12.3. The summed E-state index contributed by atoms with van der Waals surface area (Å²) in [6.07, 6.45) is 12.0. The molecule has 0 aliphatic heterocycles. The van der Waals surface area contributed by atoms with E-state index in [1.165, 1.54) is 37.7 Å². The van der Waals surface area contributed by atoms with Crippen molar-refractivity contribution in [3.05, 3.63) is 29.6 Å². The fourth-order valence-corrected chi connectivity index (χ4v) is 2.98. The van der Waals surface area contributed by atoms with Crippen LogP contribution in [0, 0.1) is 0 Å². The lowest BCUT2D eigenvalue weighted by molar-refractivity contribution is -0.120. The number of aromatic nitrogens is 1. The minimum atomic E-state index is 0.0897. The zero-order valence-electron chi connectivity index (χ0n) is 12.0. The molecule has 19 heavy (non-hydrogen) atoms. The summed E-state index contributed by atoms with van der Waals surface area (Å²) < 4.78 is 0. The third-order valence-electron chi connectivity index (χ3n) is 4.12. The highest BCUT2D eigenvalue weighted by Crippen LogP contribution is 2.32. The minimum Gasteiger partial charge on any atom is -0.299 e. The summed E-state index contributed by atoms with van der Waals surface area (Å²) in [5.74, 6) is 0.500. The first-order valence-electron chi connectivity index (χ1n) is 7.79. The highest BCUT2D eigenvalue weighted by Gasteiger charge is 2.28. The van der Waals surface area contributed by atoms with Crippen molar-refractivity contribution in [3.63, 3.8) is 0 Å². The summed E-state index contributed by atoms with van der Waals surface area (Å²) in [5, 5.41) is 0. The van der Waals surface area contributed by atoms with Gasteiger partial charge in [0.25, 0.3) is 0 Å². The zero-order chi connectivity index (χ0) is 13.5. The highest BCUT2D eigenvalue weighted by molar-refractivity contribution is 5.86. The van der Waals surface area contributed by atoms with Gasteiger partial charge >= 0.3 is 0 Å². The summed E-state index contributed by atoms with van der Waals surface area (Å²) in [6, 6.07) is 4.08. The Morgan fingerprint density at radius 2 is 2.05 bits per heavy atom. The molecule has 0 aromatic carbocycles. The molecule has 1 unspecified atom stereocenters. The molecule has 0 bridgehead atoms. The maximum Gasteiger partial charge on any atom is 0.141 e. The Bertz CT molecular complexity index is 413. The van der Waals surface area contributed by atoms with Crippen LogP contribution in [0.4, 0.5) is 0 Å². The molecule has 0 radical (unpaired) electrons. The van der Waals surface area contributed by atoms with Crippen molar-refractivity contribution in [2.24, 2.45) is 0 Å². The highest BCUT2D eigenvalue weighted by atomic mass is 16.1. The van der Waals surface area contributed by atoms with E-state index in [1.54, 1.807) is 0 Å². The SMILES string of the molecule is CCCCCCCCC(=O)C1CCc2cccnc21. The van der Waals surface area contributed by atoms with E-state index in [1.807, 2.05) is 12.3 Å².